The smallest absolute Gasteiger partial charge is 0.118 e. The van der Waals surface area contributed by atoms with Crippen molar-refractivity contribution < 1.29 is 9.84 Å². The first-order valence-electron chi connectivity index (χ1n) is 8.15. The summed E-state index contributed by atoms with van der Waals surface area (Å²) in [5.74, 6) is 0.899. The molecular formula is C18H26N2O2. The molecular weight excluding hydrogens is 276 g/mol. The summed E-state index contributed by atoms with van der Waals surface area (Å²) in [5.41, 5.74) is 1.20. The average molecular weight is 302 g/mol. The van der Waals surface area contributed by atoms with Crippen LogP contribution in [-0.2, 0) is 5.66 Å². The quantitative estimate of drug-likeness (QED) is 0.905. The van der Waals surface area contributed by atoms with Crippen molar-refractivity contribution in [3.05, 3.63) is 29.8 Å². The molecule has 4 aliphatic rings. The number of benzene rings is 1. The number of methoxy groups -OCH3 is 1. The number of hydrogen-bond acceptors (Lipinski definition) is 4. The van der Waals surface area contributed by atoms with Gasteiger partial charge >= 0.3 is 0 Å². The molecule has 0 aromatic heterocycles. The predicted octanol–water partition coefficient (Wildman–Crippen LogP) is 1.89. The van der Waals surface area contributed by atoms with Crippen molar-refractivity contribution in [3.8, 4) is 5.75 Å². The van der Waals surface area contributed by atoms with Crippen LogP contribution < -0.4 is 4.74 Å². The second-order valence-electron chi connectivity index (χ2n) is 8.17. The molecule has 4 bridgehead atoms. The Morgan fingerprint density at radius 1 is 0.955 bits per heavy atom. The second-order valence-corrected chi connectivity index (χ2v) is 8.17. The number of piperidine rings is 2. The molecule has 0 atom stereocenters. The molecule has 4 heterocycles. The van der Waals surface area contributed by atoms with E-state index in [2.05, 4.69) is 42.7 Å². The van der Waals surface area contributed by atoms with E-state index >= 15 is 0 Å². The molecule has 1 aromatic carbocycles. The van der Waals surface area contributed by atoms with Crippen LogP contribution in [0.2, 0.25) is 0 Å². The van der Waals surface area contributed by atoms with Crippen LogP contribution in [-0.4, -0.2) is 54.3 Å². The van der Waals surface area contributed by atoms with E-state index in [1.165, 1.54) is 5.56 Å². The van der Waals surface area contributed by atoms with Crippen LogP contribution in [0.4, 0.5) is 0 Å². The SMILES string of the molecule is COc1ccc(C2(C)N3CC4(C)CN2CC(C)(C3)C4O)cc1. The van der Waals surface area contributed by atoms with Crippen LogP contribution in [0.5, 0.6) is 5.75 Å². The highest BCUT2D eigenvalue weighted by atomic mass is 16.5. The van der Waals surface area contributed by atoms with Crippen molar-refractivity contribution in [2.24, 2.45) is 10.8 Å². The van der Waals surface area contributed by atoms with Crippen LogP contribution in [0, 0.1) is 10.8 Å². The van der Waals surface area contributed by atoms with Gasteiger partial charge in [-0.3, -0.25) is 9.80 Å². The van der Waals surface area contributed by atoms with Gasteiger partial charge in [0.05, 0.1) is 18.9 Å². The number of hydrogen-bond donors (Lipinski definition) is 1. The van der Waals surface area contributed by atoms with Gasteiger partial charge in [0.25, 0.3) is 0 Å². The minimum absolute atomic E-state index is 0.0166. The van der Waals surface area contributed by atoms with Gasteiger partial charge in [0.15, 0.2) is 0 Å². The van der Waals surface area contributed by atoms with Gasteiger partial charge in [0, 0.05) is 37.0 Å². The molecule has 4 saturated heterocycles. The molecule has 0 spiro atoms. The van der Waals surface area contributed by atoms with Gasteiger partial charge in [-0.1, -0.05) is 26.0 Å². The number of nitrogens with zero attached hydrogens (tertiary/aromatic N) is 2. The summed E-state index contributed by atoms with van der Waals surface area (Å²) >= 11 is 0. The lowest BCUT2D eigenvalue weighted by atomic mass is 9.59. The molecule has 0 saturated carbocycles. The Bertz CT molecular complexity index is 560. The van der Waals surface area contributed by atoms with Gasteiger partial charge in [-0.05, 0) is 24.6 Å². The highest BCUT2D eigenvalue weighted by molar-refractivity contribution is 5.34. The molecule has 0 amide bonds. The summed E-state index contributed by atoms with van der Waals surface area (Å²) in [4.78, 5) is 5.13. The third kappa shape index (κ3) is 1.63. The molecule has 4 aliphatic heterocycles. The van der Waals surface area contributed by atoms with Crippen molar-refractivity contribution in [2.75, 3.05) is 33.3 Å². The molecule has 0 unspecified atom stereocenters. The summed E-state index contributed by atoms with van der Waals surface area (Å²) in [7, 11) is 1.70. The molecule has 120 valence electrons. The van der Waals surface area contributed by atoms with E-state index in [-0.39, 0.29) is 22.6 Å². The first kappa shape index (κ1) is 14.5. The zero-order valence-corrected chi connectivity index (χ0v) is 14.0. The van der Waals surface area contributed by atoms with Crippen molar-refractivity contribution in [1.29, 1.82) is 0 Å². The summed E-state index contributed by atoms with van der Waals surface area (Å²) in [6, 6.07) is 8.46. The van der Waals surface area contributed by atoms with Gasteiger partial charge in [-0.25, -0.2) is 0 Å². The Labute approximate surface area is 132 Å². The van der Waals surface area contributed by atoms with E-state index in [1.807, 2.05) is 12.1 Å². The molecule has 4 fully saturated rings. The van der Waals surface area contributed by atoms with Crippen LogP contribution >= 0.6 is 0 Å². The Balaban J connectivity index is 1.75. The van der Waals surface area contributed by atoms with Crippen molar-refractivity contribution in [3.63, 3.8) is 0 Å². The van der Waals surface area contributed by atoms with E-state index in [1.54, 1.807) is 7.11 Å². The number of aliphatic hydroxyl groups excluding tert-OH is 1. The summed E-state index contributed by atoms with van der Waals surface area (Å²) in [6.07, 6.45) is -0.201. The molecule has 4 heteroatoms. The van der Waals surface area contributed by atoms with Crippen LogP contribution in [0.1, 0.15) is 26.3 Å². The highest BCUT2D eigenvalue weighted by Gasteiger charge is 2.65. The summed E-state index contributed by atoms with van der Waals surface area (Å²) in [5, 5.41) is 10.8. The monoisotopic (exact) mass is 302 g/mol. The molecule has 1 aromatic rings. The van der Waals surface area contributed by atoms with E-state index < -0.39 is 0 Å². The van der Waals surface area contributed by atoms with Gasteiger partial charge in [0.1, 0.15) is 5.75 Å². The Kier molecular flexibility index (Phi) is 2.80. The van der Waals surface area contributed by atoms with Gasteiger partial charge in [0.2, 0.25) is 0 Å². The molecule has 0 aliphatic carbocycles. The topological polar surface area (TPSA) is 35.9 Å². The fourth-order valence-corrected chi connectivity index (χ4v) is 5.23. The normalized spacial score (nSPS) is 49.4. The minimum atomic E-state index is -0.201. The van der Waals surface area contributed by atoms with E-state index in [0.29, 0.717) is 0 Å². The Morgan fingerprint density at radius 3 is 1.82 bits per heavy atom. The fraction of sp³-hybridized carbons (Fsp3) is 0.667. The average Bonchev–Trinajstić information content (AvgIpc) is 2.48. The van der Waals surface area contributed by atoms with E-state index in [9.17, 15) is 5.11 Å². The number of aliphatic hydroxyl groups is 1. The molecule has 4 nitrogen and oxygen atoms in total. The molecule has 0 radical (unpaired) electrons. The second kappa shape index (κ2) is 4.25. The maximum atomic E-state index is 10.8. The lowest BCUT2D eigenvalue weighted by Crippen LogP contribution is -2.82. The number of rotatable bonds is 2. The minimum Gasteiger partial charge on any atom is -0.497 e. The summed E-state index contributed by atoms with van der Waals surface area (Å²) < 4.78 is 5.29. The Morgan fingerprint density at radius 2 is 1.41 bits per heavy atom. The largest absolute Gasteiger partial charge is 0.497 e. The molecule has 22 heavy (non-hydrogen) atoms. The van der Waals surface area contributed by atoms with Crippen LogP contribution in [0.15, 0.2) is 24.3 Å². The van der Waals surface area contributed by atoms with Crippen LogP contribution in [0.25, 0.3) is 0 Å². The van der Waals surface area contributed by atoms with Crippen molar-refractivity contribution in [1.82, 2.24) is 9.80 Å². The predicted molar refractivity (Wildman–Crippen MR) is 85.7 cm³/mol. The lowest BCUT2D eigenvalue weighted by Gasteiger charge is -2.72. The first-order chi connectivity index (χ1) is 10.3. The first-order valence-corrected chi connectivity index (χ1v) is 8.15. The van der Waals surface area contributed by atoms with Gasteiger partial charge < -0.3 is 9.84 Å². The van der Waals surface area contributed by atoms with E-state index in [0.717, 1.165) is 31.9 Å². The van der Waals surface area contributed by atoms with Crippen LogP contribution in [0.3, 0.4) is 0 Å². The molecule has 1 N–H and O–H groups in total. The third-order valence-corrected chi connectivity index (χ3v) is 6.40. The van der Waals surface area contributed by atoms with Gasteiger partial charge in [-0.15, -0.1) is 0 Å². The zero-order chi connectivity index (χ0) is 15.8. The van der Waals surface area contributed by atoms with Crippen molar-refractivity contribution in [2.45, 2.75) is 32.5 Å². The number of ether oxygens (including phenoxy) is 1. The van der Waals surface area contributed by atoms with E-state index in [4.69, 9.17) is 4.74 Å². The third-order valence-electron chi connectivity index (χ3n) is 6.40. The fourth-order valence-electron chi connectivity index (χ4n) is 5.23. The summed E-state index contributed by atoms with van der Waals surface area (Å²) in [6.45, 7) is 10.6. The maximum Gasteiger partial charge on any atom is 0.118 e. The van der Waals surface area contributed by atoms with Crippen molar-refractivity contribution >= 4 is 0 Å². The standard InChI is InChI=1S/C18H26N2O2/c1-16-9-19-11-17(2,15(16)21)12-20(10-16)18(19,3)13-5-7-14(22-4)8-6-13/h5-8,15,21H,9-12H2,1-4H3. The lowest BCUT2D eigenvalue weighted by molar-refractivity contribution is -0.287. The maximum absolute atomic E-state index is 10.8. The molecule has 5 rings (SSSR count). The highest BCUT2D eigenvalue weighted by Crippen LogP contribution is 2.56. The zero-order valence-electron chi connectivity index (χ0n) is 14.0. The Hall–Kier alpha value is -1.10. The van der Waals surface area contributed by atoms with Gasteiger partial charge in [-0.2, -0.15) is 0 Å².